The van der Waals surface area contributed by atoms with E-state index in [2.05, 4.69) is 0 Å². The van der Waals surface area contributed by atoms with Gasteiger partial charge in [-0.25, -0.2) is 0 Å². The second-order valence-electron chi connectivity index (χ2n) is 5.51. The van der Waals surface area contributed by atoms with E-state index in [9.17, 15) is 23.1 Å². The Morgan fingerprint density at radius 2 is 2.06 bits per heavy atom. The number of hydrogen-bond donors (Lipinski definition) is 1. The fourth-order valence-corrected chi connectivity index (χ4v) is 3.72. The zero-order chi connectivity index (χ0) is 12.7. The lowest BCUT2D eigenvalue weighted by Gasteiger charge is -2.33. The van der Waals surface area contributed by atoms with E-state index in [1.807, 2.05) is 0 Å². The summed E-state index contributed by atoms with van der Waals surface area (Å²) in [5.74, 6) is -0.341. The third-order valence-electron chi connectivity index (χ3n) is 4.48. The number of carbonyl (C=O) groups is 1. The fraction of sp³-hybridized carbons (Fsp3) is 0.917. The van der Waals surface area contributed by atoms with Gasteiger partial charge >= 0.3 is 12.1 Å². The van der Waals surface area contributed by atoms with Crippen LogP contribution in [0.5, 0.6) is 0 Å². The van der Waals surface area contributed by atoms with Crippen molar-refractivity contribution in [1.82, 2.24) is 0 Å². The van der Waals surface area contributed by atoms with Crippen LogP contribution in [0.3, 0.4) is 0 Å². The maximum Gasteiger partial charge on any atom is 0.389 e. The molecule has 3 unspecified atom stereocenters. The summed E-state index contributed by atoms with van der Waals surface area (Å²) in [6.45, 7) is 0. The van der Waals surface area contributed by atoms with Gasteiger partial charge in [-0.1, -0.05) is 6.42 Å². The van der Waals surface area contributed by atoms with Crippen molar-refractivity contribution in [1.29, 1.82) is 0 Å². The molecule has 2 rings (SSSR count). The lowest BCUT2D eigenvalue weighted by molar-refractivity contribution is -0.156. The molecule has 98 valence electrons. The molecule has 2 aliphatic rings. The van der Waals surface area contributed by atoms with Crippen LogP contribution in [0.2, 0.25) is 0 Å². The highest BCUT2D eigenvalue weighted by Crippen LogP contribution is 2.58. The van der Waals surface area contributed by atoms with Gasteiger partial charge in [-0.15, -0.1) is 0 Å². The van der Waals surface area contributed by atoms with E-state index in [0.717, 1.165) is 19.3 Å². The van der Waals surface area contributed by atoms with Gasteiger partial charge in [0.15, 0.2) is 0 Å². The monoisotopic (exact) mass is 250 g/mol. The first-order valence-corrected chi connectivity index (χ1v) is 6.14. The molecule has 2 aliphatic carbocycles. The molecule has 0 heterocycles. The summed E-state index contributed by atoms with van der Waals surface area (Å²) in [6, 6.07) is 0. The number of hydrogen-bond acceptors (Lipinski definition) is 1. The Balaban J connectivity index is 1.97. The largest absolute Gasteiger partial charge is 0.481 e. The van der Waals surface area contributed by atoms with Crippen LogP contribution < -0.4 is 0 Å². The first-order valence-electron chi connectivity index (χ1n) is 6.14. The standard InChI is InChI=1S/C12H17F3O2/c13-12(14,15)5-1-4-11(10(16)17)7-8-2-3-9(11)6-8/h8-9H,1-7H2,(H,16,17). The van der Waals surface area contributed by atoms with Crippen LogP contribution in [-0.4, -0.2) is 17.3 Å². The van der Waals surface area contributed by atoms with Crippen LogP contribution in [0.15, 0.2) is 0 Å². The van der Waals surface area contributed by atoms with Crippen molar-refractivity contribution < 1.29 is 23.1 Å². The third kappa shape index (κ3) is 2.43. The molecule has 5 heteroatoms. The van der Waals surface area contributed by atoms with E-state index in [1.165, 1.54) is 0 Å². The highest BCUT2D eigenvalue weighted by Gasteiger charge is 2.55. The number of alkyl halides is 3. The highest BCUT2D eigenvalue weighted by atomic mass is 19.4. The number of carboxylic acid groups (broad SMARTS) is 1. The molecule has 0 aromatic carbocycles. The van der Waals surface area contributed by atoms with E-state index < -0.39 is 24.0 Å². The molecule has 0 aliphatic heterocycles. The predicted octanol–water partition coefficient (Wildman–Crippen LogP) is 3.61. The summed E-state index contributed by atoms with van der Waals surface area (Å²) in [5.41, 5.74) is -0.853. The maximum absolute atomic E-state index is 12.1. The summed E-state index contributed by atoms with van der Waals surface area (Å²) in [5, 5.41) is 9.33. The van der Waals surface area contributed by atoms with Crippen LogP contribution in [0.4, 0.5) is 13.2 Å². The quantitative estimate of drug-likeness (QED) is 0.827. The smallest absolute Gasteiger partial charge is 0.389 e. The van der Waals surface area contributed by atoms with Crippen molar-refractivity contribution in [3.63, 3.8) is 0 Å². The summed E-state index contributed by atoms with van der Waals surface area (Å²) < 4.78 is 36.3. The molecule has 1 N–H and O–H groups in total. The molecule has 2 nitrogen and oxygen atoms in total. The zero-order valence-corrected chi connectivity index (χ0v) is 9.59. The fourth-order valence-electron chi connectivity index (χ4n) is 3.72. The van der Waals surface area contributed by atoms with Gasteiger partial charge in [0.05, 0.1) is 5.41 Å². The molecule has 2 bridgehead atoms. The van der Waals surface area contributed by atoms with Crippen LogP contribution in [0.25, 0.3) is 0 Å². The van der Waals surface area contributed by atoms with Crippen LogP contribution in [0.1, 0.15) is 44.9 Å². The molecule has 17 heavy (non-hydrogen) atoms. The Kier molecular flexibility index (Phi) is 3.12. The molecular weight excluding hydrogens is 233 g/mol. The lowest BCUT2D eigenvalue weighted by Crippen LogP contribution is -2.36. The van der Waals surface area contributed by atoms with Crippen LogP contribution >= 0.6 is 0 Å². The second-order valence-corrected chi connectivity index (χ2v) is 5.51. The minimum atomic E-state index is -4.17. The maximum atomic E-state index is 12.1. The van der Waals surface area contributed by atoms with E-state index in [4.69, 9.17) is 0 Å². The lowest BCUT2D eigenvalue weighted by atomic mass is 9.70. The molecule has 2 fully saturated rings. The summed E-state index contributed by atoms with van der Waals surface area (Å²) in [6.07, 6.45) is -1.48. The molecule has 0 saturated heterocycles. The molecule has 0 aromatic heterocycles. The molecule has 3 atom stereocenters. The minimum absolute atomic E-state index is 0.0565. The van der Waals surface area contributed by atoms with Gasteiger partial charge in [0.25, 0.3) is 0 Å². The van der Waals surface area contributed by atoms with Crippen molar-refractivity contribution >= 4 is 5.97 Å². The first-order chi connectivity index (χ1) is 7.83. The second kappa shape index (κ2) is 4.18. The Hall–Kier alpha value is -0.740. The summed E-state index contributed by atoms with van der Waals surface area (Å²) >= 11 is 0. The van der Waals surface area contributed by atoms with E-state index in [1.54, 1.807) is 0 Å². The molecule has 2 saturated carbocycles. The molecular formula is C12H17F3O2. The number of fused-ring (bicyclic) bond motifs is 2. The van der Waals surface area contributed by atoms with Gasteiger partial charge in [-0.05, 0) is 43.9 Å². The Morgan fingerprint density at radius 3 is 2.47 bits per heavy atom. The zero-order valence-electron chi connectivity index (χ0n) is 9.59. The molecule has 0 amide bonds. The van der Waals surface area contributed by atoms with E-state index in [-0.39, 0.29) is 18.8 Å². The molecule has 0 spiro atoms. The predicted molar refractivity (Wildman–Crippen MR) is 55.4 cm³/mol. The third-order valence-corrected chi connectivity index (χ3v) is 4.48. The number of halogens is 3. The number of aliphatic carboxylic acids is 1. The first kappa shape index (κ1) is 12.7. The van der Waals surface area contributed by atoms with Crippen molar-refractivity contribution in [2.24, 2.45) is 17.3 Å². The summed E-state index contributed by atoms with van der Waals surface area (Å²) in [7, 11) is 0. The highest BCUT2D eigenvalue weighted by molar-refractivity contribution is 5.75. The van der Waals surface area contributed by atoms with Gasteiger partial charge in [0.1, 0.15) is 0 Å². The minimum Gasteiger partial charge on any atom is -0.481 e. The van der Waals surface area contributed by atoms with E-state index >= 15 is 0 Å². The Labute approximate surface area is 98.2 Å². The topological polar surface area (TPSA) is 37.3 Å². The van der Waals surface area contributed by atoms with E-state index in [0.29, 0.717) is 12.3 Å². The van der Waals surface area contributed by atoms with Crippen molar-refractivity contribution in [2.45, 2.75) is 51.1 Å². The summed E-state index contributed by atoms with van der Waals surface area (Å²) in [4.78, 5) is 11.4. The van der Waals surface area contributed by atoms with Gasteiger partial charge in [0, 0.05) is 6.42 Å². The Bertz CT molecular complexity index is 313. The normalized spacial score (nSPS) is 36.4. The van der Waals surface area contributed by atoms with Gasteiger partial charge < -0.3 is 5.11 Å². The Morgan fingerprint density at radius 1 is 1.35 bits per heavy atom. The van der Waals surface area contributed by atoms with Gasteiger partial charge in [0.2, 0.25) is 0 Å². The average molecular weight is 250 g/mol. The van der Waals surface area contributed by atoms with Crippen molar-refractivity contribution in [2.75, 3.05) is 0 Å². The number of rotatable bonds is 4. The van der Waals surface area contributed by atoms with Crippen LogP contribution in [0, 0.1) is 17.3 Å². The van der Waals surface area contributed by atoms with Gasteiger partial charge in [-0.2, -0.15) is 13.2 Å². The SMILES string of the molecule is O=C(O)C1(CCCC(F)(F)F)CC2CCC1C2. The average Bonchev–Trinajstić information content (AvgIpc) is 2.75. The van der Waals surface area contributed by atoms with Crippen molar-refractivity contribution in [3.05, 3.63) is 0 Å². The van der Waals surface area contributed by atoms with Crippen LogP contribution in [-0.2, 0) is 4.79 Å². The molecule has 0 radical (unpaired) electrons. The van der Waals surface area contributed by atoms with Gasteiger partial charge in [-0.3, -0.25) is 4.79 Å². The number of carboxylic acids is 1. The molecule has 0 aromatic rings. The van der Waals surface area contributed by atoms with Crippen molar-refractivity contribution in [3.8, 4) is 0 Å².